The molecule has 0 bridgehead atoms. The molecule has 4 atom stereocenters. The summed E-state index contributed by atoms with van der Waals surface area (Å²) in [5.74, 6) is -1.88. The van der Waals surface area contributed by atoms with Crippen molar-refractivity contribution in [3.8, 4) is 6.07 Å². The third-order valence-electron chi connectivity index (χ3n) is 6.87. The van der Waals surface area contributed by atoms with Crippen LogP contribution in [0.4, 0.5) is 17.2 Å². The van der Waals surface area contributed by atoms with Gasteiger partial charge in [0.05, 0.1) is 17.9 Å². The van der Waals surface area contributed by atoms with Crippen LogP contribution in [0, 0.1) is 11.3 Å². The summed E-state index contributed by atoms with van der Waals surface area (Å²) in [7, 11) is 0. The molecule has 0 saturated carbocycles. The molecule has 1 unspecified atom stereocenters. The molecule has 43 heavy (non-hydrogen) atoms. The number of aromatic nitrogens is 2. The third-order valence-corrected chi connectivity index (χ3v) is 6.87. The Labute approximate surface area is 244 Å². The minimum Gasteiger partial charge on any atom is -0.388 e. The molecule has 0 spiro atoms. The molecular weight excluding hydrogens is 556 g/mol. The summed E-state index contributed by atoms with van der Waals surface area (Å²) in [4.78, 5) is 38.9. The van der Waals surface area contributed by atoms with E-state index < -0.39 is 36.2 Å². The van der Waals surface area contributed by atoms with Crippen molar-refractivity contribution in [1.29, 1.82) is 5.26 Å². The van der Waals surface area contributed by atoms with Crippen LogP contribution in [-0.2, 0) is 4.74 Å². The van der Waals surface area contributed by atoms with Crippen LogP contribution < -0.4 is 16.4 Å². The van der Waals surface area contributed by atoms with E-state index in [1.54, 1.807) is 54.6 Å². The highest BCUT2D eigenvalue weighted by molar-refractivity contribution is 6.12. The molecule has 0 radical (unpaired) electrons. The lowest BCUT2D eigenvalue weighted by Gasteiger charge is -2.34. The summed E-state index contributed by atoms with van der Waals surface area (Å²) in [6.07, 6.45) is -5.81. The Morgan fingerprint density at radius 3 is 2.26 bits per heavy atom. The van der Waals surface area contributed by atoms with Crippen LogP contribution in [-0.4, -0.2) is 67.7 Å². The second-order valence-electron chi connectivity index (χ2n) is 9.67. The topological polar surface area (TPSA) is 213 Å². The minimum atomic E-state index is -1.62. The number of para-hydroxylation sites is 1. The number of nitrogen functional groups attached to an aromatic ring is 1. The molecule has 2 amide bonds. The standard InChI is InChI=1S/C30H26N6O7/c31-14-20-23(26-25(39)24(38)22(37)15-43-26)35-36(27(20)32)30(42)17-10-12-18(13-11-17)33-29(41)19-8-4-5-9-21(19)34-28(40)16-6-2-1-3-7-16/h1-13,22,24-26,37-39H,15,32H2,(H,33,41)(H,34,40)/t22-,24+,25-,26?/m1/s1. The number of aliphatic hydroxyl groups is 3. The first-order valence-electron chi connectivity index (χ1n) is 13.1. The number of nitrogens with two attached hydrogens (primary N) is 1. The van der Waals surface area contributed by atoms with Crippen LogP contribution in [0.25, 0.3) is 0 Å². The number of nitriles is 1. The Balaban J connectivity index is 1.32. The highest BCUT2D eigenvalue weighted by Crippen LogP contribution is 2.32. The molecule has 2 heterocycles. The number of anilines is 3. The number of nitrogens with zero attached hydrogens (tertiary/aromatic N) is 3. The van der Waals surface area contributed by atoms with E-state index in [2.05, 4.69) is 15.7 Å². The van der Waals surface area contributed by atoms with Gasteiger partial charge in [-0.25, -0.2) is 0 Å². The molecule has 1 fully saturated rings. The monoisotopic (exact) mass is 582 g/mol. The summed E-state index contributed by atoms with van der Waals surface area (Å²) in [5.41, 5.74) is 7.08. The SMILES string of the molecule is N#Cc1c(C2OC[C@@H](O)[C@H](O)[C@H]2O)nn(C(=O)c2ccc(NC(=O)c3ccccc3NC(=O)c3ccccc3)cc2)c1N. The maximum Gasteiger partial charge on any atom is 0.280 e. The Hall–Kier alpha value is -5.39. The molecule has 218 valence electrons. The Kier molecular flexibility index (Phi) is 8.28. The molecule has 4 aromatic rings. The van der Waals surface area contributed by atoms with Gasteiger partial charge in [0.2, 0.25) is 0 Å². The van der Waals surface area contributed by atoms with E-state index in [0.717, 1.165) is 4.68 Å². The van der Waals surface area contributed by atoms with E-state index in [9.17, 15) is 35.0 Å². The molecule has 1 saturated heterocycles. The van der Waals surface area contributed by atoms with Crippen LogP contribution in [0.2, 0.25) is 0 Å². The molecule has 13 nitrogen and oxygen atoms in total. The fourth-order valence-corrected chi connectivity index (χ4v) is 4.56. The molecule has 7 N–H and O–H groups in total. The van der Waals surface area contributed by atoms with E-state index in [4.69, 9.17) is 10.5 Å². The number of carbonyl (C=O) groups is 3. The van der Waals surface area contributed by atoms with E-state index in [-0.39, 0.29) is 40.7 Å². The smallest absolute Gasteiger partial charge is 0.280 e. The maximum atomic E-state index is 13.2. The van der Waals surface area contributed by atoms with Crippen molar-refractivity contribution < 1.29 is 34.4 Å². The van der Waals surface area contributed by atoms with Crippen LogP contribution in [0.15, 0.2) is 78.9 Å². The fraction of sp³-hybridized carbons (Fsp3) is 0.167. The van der Waals surface area contributed by atoms with E-state index in [1.165, 1.54) is 24.3 Å². The zero-order valence-corrected chi connectivity index (χ0v) is 22.4. The third kappa shape index (κ3) is 5.85. The van der Waals surface area contributed by atoms with Gasteiger partial charge in [-0.15, -0.1) is 0 Å². The summed E-state index contributed by atoms with van der Waals surface area (Å²) in [6.45, 7) is -0.328. The van der Waals surface area contributed by atoms with Gasteiger partial charge in [-0.1, -0.05) is 30.3 Å². The number of rotatable bonds is 6. The first-order valence-corrected chi connectivity index (χ1v) is 13.1. The Morgan fingerprint density at radius 1 is 0.884 bits per heavy atom. The minimum absolute atomic E-state index is 0.110. The van der Waals surface area contributed by atoms with Crippen LogP contribution in [0.3, 0.4) is 0 Å². The highest BCUT2D eigenvalue weighted by atomic mass is 16.5. The molecular formula is C30H26N6O7. The van der Waals surface area contributed by atoms with Crippen molar-refractivity contribution in [3.05, 3.63) is 107 Å². The van der Waals surface area contributed by atoms with Crippen molar-refractivity contribution >= 4 is 34.9 Å². The van der Waals surface area contributed by atoms with Gasteiger partial charge < -0.3 is 36.4 Å². The first-order chi connectivity index (χ1) is 20.7. The fourth-order valence-electron chi connectivity index (χ4n) is 4.56. The van der Waals surface area contributed by atoms with E-state index >= 15 is 0 Å². The van der Waals surface area contributed by atoms with Crippen molar-refractivity contribution in [2.24, 2.45) is 0 Å². The lowest BCUT2D eigenvalue weighted by molar-refractivity contribution is -0.190. The number of nitrogens with one attached hydrogen (secondary N) is 2. The summed E-state index contributed by atoms with van der Waals surface area (Å²) in [6, 6.07) is 22.7. The zero-order valence-electron chi connectivity index (χ0n) is 22.4. The van der Waals surface area contributed by atoms with Gasteiger partial charge in [0.1, 0.15) is 47.6 Å². The molecule has 5 rings (SSSR count). The number of carbonyl (C=O) groups excluding carboxylic acids is 3. The average Bonchev–Trinajstić information content (AvgIpc) is 3.36. The summed E-state index contributed by atoms with van der Waals surface area (Å²) < 4.78 is 6.16. The summed E-state index contributed by atoms with van der Waals surface area (Å²) in [5, 5.41) is 49.3. The van der Waals surface area contributed by atoms with Crippen molar-refractivity contribution in [2.75, 3.05) is 23.0 Å². The average molecular weight is 583 g/mol. The van der Waals surface area contributed by atoms with Crippen molar-refractivity contribution in [1.82, 2.24) is 9.78 Å². The molecule has 1 aliphatic heterocycles. The van der Waals surface area contributed by atoms with Gasteiger partial charge in [0.25, 0.3) is 17.7 Å². The lowest BCUT2D eigenvalue weighted by atomic mass is 9.96. The number of amides is 2. The summed E-state index contributed by atoms with van der Waals surface area (Å²) >= 11 is 0. The largest absolute Gasteiger partial charge is 0.388 e. The van der Waals surface area contributed by atoms with Crippen molar-refractivity contribution in [2.45, 2.75) is 24.4 Å². The van der Waals surface area contributed by atoms with Gasteiger partial charge in [-0.3, -0.25) is 14.4 Å². The number of aliphatic hydroxyl groups excluding tert-OH is 3. The number of hydrogen-bond acceptors (Lipinski definition) is 10. The van der Waals surface area contributed by atoms with Crippen molar-refractivity contribution in [3.63, 3.8) is 0 Å². The number of hydrogen-bond donors (Lipinski definition) is 6. The lowest BCUT2D eigenvalue weighted by Crippen LogP contribution is -2.49. The molecule has 1 aromatic heterocycles. The zero-order chi connectivity index (χ0) is 30.7. The molecule has 1 aliphatic rings. The normalized spacial score (nSPS) is 19.7. The van der Waals surface area contributed by atoms with E-state index in [1.807, 2.05) is 6.07 Å². The number of benzene rings is 3. The second kappa shape index (κ2) is 12.2. The van der Waals surface area contributed by atoms with Gasteiger partial charge >= 0.3 is 0 Å². The highest BCUT2D eigenvalue weighted by Gasteiger charge is 2.41. The predicted molar refractivity (Wildman–Crippen MR) is 153 cm³/mol. The number of ether oxygens (including phenoxy) is 1. The van der Waals surface area contributed by atoms with E-state index in [0.29, 0.717) is 16.9 Å². The quantitative estimate of drug-likeness (QED) is 0.193. The van der Waals surface area contributed by atoms with Crippen LogP contribution in [0.1, 0.15) is 48.4 Å². The van der Waals surface area contributed by atoms with Gasteiger partial charge in [-0.05, 0) is 48.5 Å². The molecule has 13 heteroatoms. The van der Waals surface area contributed by atoms with Crippen LogP contribution in [0.5, 0.6) is 0 Å². The Bertz CT molecular complexity index is 1720. The maximum absolute atomic E-state index is 13.2. The van der Waals surface area contributed by atoms with Gasteiger partial charge in [0, 0.05) is 16.8 Å². The first kappa shape index (κ1) is 29.1. The Morgan fingerprint density at radius 2 is 1.56 bits per heavy atom. The van der Waals surface area contributed by atoms with Gasteiger partial charge in [-0.2, -0.15) is 15.0 Å². The van der Waals surface area contributed by atoms with Gasteiger partial charge in [0.15, 0.2) is 0 Å². The molecule has 3 aromatic carbocycles. The predicted octanol–water partition coefficient (Wildman–Crippen LogP) is 1.68. The molecule has 0 aliphatic carbocycles. The second-order valence-corrected chi connectivity index (χ2v) is 9.67. The van der Waals surface area contributed by atoms with Crippen LogP contribution >= 0.6 is 0 Å².